The molecule has 1 heterocycles. The molecule has 1 atom stereocenters. The summed E-state index contributed by atoms with van der Waals surface area (Å²) in [6, 6.07) is 3.98. The van der Waals surface area contributed by atoms with E-state index in [0.29, 0.717) is 17.1 Å². The lowest BCUT2D eigenvalue weighted by molar-refractivity contribution is 0.902. The predicted octanol–water partition coefficient (Wildman–Crippen LogP) is 1.70. The Labute approximate surface area is 93.9 Å². The minimum Gasteiger partial charge on any atom is -0.397 e. The molecule has 0 aliphatic rings. The Balaban J connectivity index is 2.81. The highest BCUT2D eigenvalue weighted by molar-refractivity contribution is 7.98. The number of hydrogen-bond donors (Lipinski definition) is 2. The molecule has 0 bridgehead atoms. The quantitative estimate of drug-likeness (QED) is 0.811. The van der Waals surface area contributed by atoms with Crippen LogP contribution in [0.25, 0.3) is 0 Å². The summed E-state index contributed by atoms with van der Waals surface area (Å²) in [6.45, 7) is 2.05. The number of nitrogen functional groups attached to an aromatic ring is 1. The number of nitrogens with zero attached hydrogens (tertiary/aromatic N) is 2. The van der Waals surface area contributed by atoms with Gasteiger partial charge in [0.1, 0.15) is 11.9 Å². The van der Waals surface area contributed by atoms with Crippen LogP contribution in [-0.2, 0) is 0 Å². The second-order valence-corrected chi connectivity index (χ2v) is 4.19. The van der Waals surface area contributed by atoms with E-state index in [1.807, 2.05) is 6.26 Å². The van der Waals surface area contributed by atoms with Crippen LogP contribution in [0.15, 0.2) is 12.3 Å². The smallest absolute Gasteiger partial charge is 0.144 e. The SMILES string of the molecule is CSCC(C)Nc1ncc(N)cc1C#N. The van der Waals surface area contributed by atoms with Gasteiger partial charge in [-0.3, -0.25) is 0 Å². The number of nitrogens with two attached hydrogens (primary N) is 1. The highest BCUT2D eigenvalue weighted by atomic mass is 32.2. The van der Waals surface area contributed by atoms with Gasteiger partial charge in [-0.2, -0.15) is 17.0 Å². The fourth-order valence-electron chi connectivity index (χ4n) is 1.21. The molecule has 0 fully saturated rings. The third kappa shape index (κ3) is 3.33. The molecule has 1 unspecified atom stereocenters. The number of aromatic nitrogens is 1. The molecular formula is C10H14N4S. The van der Waals surface area contributed by atoms with Crippen molar-refractivity contribution in [3.05, 3.63) is 17.8 Å². The van der Waals surface area contributed by atoms with Gasteiger partial charge >= 0.3 is 0 Å². The summed E-state index contributed by atoms with van der Waals surface area (Å²) < 4.78 is 0. The summed E-state index contributed by atoms with van der Waals surface area (Å²) in [5.41, 5.74) is 6.54. The van der Waals surface area contributed by atoms with Crippen molar-refractivity contribution in [1.29, 1.82) is 5.26 Å². The van der Waals surface area contributed by atoms with Gasteiger partial charge in [0.2, 0.25) is 0 Å². The van der Waals surface area contributed by atoms with E-state index in [4.69, 9.17) is 11.0 Å². The Morgan fingerprint density at radius 3 is 3.07 bits per heavy atom. The molecule has 4 nitrogen and oxygen atoms in total. The maximum Gasteiger partial charge on any atom is 0.144 e. The topological polar surface area (TPSA) is 74.7 Å². The molecule has 0 aliphatic heterocycles. The van der Waals surface area contributed by atoms with Crippen molar-refractivity contribution < 1.29 is 0 Å². The van der Waals surface area contributed by atoms with Gasteiger partial charge < -0.3 is 11.1 Å². The van der Waals surface area contributed by atoms with E-state index in [0.717, 1.165) is 5.75 Å². The van der Waals surface area contributed by atoms with Gasteiger partial charge in [-0.15, -0.1) is 0 Å². The van der Waals surface area contributed by atoms with Crippen molar-refractivity contribution in [1.82, 2.24) is 4.98 Å². The number of hydrogen-bond acceptors (Lipinski definition) is 5. The molecule has 0 aromatic carbocycles. The summed E-state index contributed by atoms with van der Waals surface area (Å²) in [6.07, 6.45) is 3.59. The molecule has 0 spiro atoms. The normalized spacial score (nSPS) is 11.8. The molecule has 0 saturated heterocycles. The molecular weight excluding hydrogens is 208 g/mol. The van der Waals surface area contributed by atoms with Crippen LogP contribution in [0.1, 0.15) is 12.5 Å². The number of nitrogens with one attached hydrogen (secondary N) is 1. The minimum absolute atomic E-state index is 0.281. The summed E-state index contributed by atoms with van der Waals surface area (Å²) in [5, 5.41) is 12.1. The summed E-state index contributed by atoms with van der Waals surface area (Å²) in [7, 11) is 0. The molecule has 0 amide bonds. The highest BCUT2D eigenvalue weighted by Gasteiger charge is 2.07. The zero-order valence-corrected chi connectivity index (χ0v) is 9.64. The van der Waals surface area contributed by atoms with Crippen LogP contribution in [0.5, 0.6) is 0 Å². The highest BCUT2D eigenvalue weighted by Crippen LogP contribution is 2.15. The van der Waals surface area contributed by atoms with Crippen molar-refractivity contribution in [2.75, 3.05) is 23.1 Å². The first-order chi connectivity index (χ1) is 7.17. The summed E-state index contributed by atoms with van der Waals surface area (Å²) in [5.74, 6) is 1.57. The molecule has 1 aromatic heterocycles. The van der Waals surface area contributed by atoms with Crippen molar-refractivity contribution in [3.63, 3.8) is 0 Å². The van der Waals surface area contributed by atoms with E-state index >= 15 is 0 Å². The molecule has 15 heavy (non-hydrogen) atoms. The Morgan fingerprint density at radius 2 is 2.47 bits per heavy atom. The first-order valence-corrected chi connectivity index (χ1v) is 5.98. The zero-order chi connectivity index (χ0) is 11.3. The average molecular weight is 222 g/mol. The standard InChI is InChI=1S/C10H14N4S/c1-7(6-15-2)14-10-8(4-11)3-9(12)5-13-10/h3,5,7H,6,12H2,1-2H3,(H,13,14). The van der Waals surface area contributed by atoms with Crippen LogP contribution in [-0.4, -0.2) is 23.0 Å². The lowest BCUT2D eigenvalue weighted by Gasteiger charge is -2.14. The third-order valence-electron chi connectivity index (χ3n) is 1.83. The van der Waals surface area contributed by atoms with Crippen molar-refractivity contribution in [2.45, 2.75) is 13.0 Å². The zero-order valence-electron chi connectivity index (χ0n) is 8.82. The second-order valence-electron chi connectivity index (χ2n) is 3.28. The predicted molar refractivity (Wildman–Crippen MR) is 64.8 cm³/mol. The van der Waals surface area contributed by atoms with Crippen LogP contribution in [0.4, 0.5) is 11.5 Å². The third-order valence-corrected chi connectivity index (χ3v) is 2.66. The van der Waals surface area contributed by atoms with Crippen LogP contribution < -0.4 is 11.1 Å². The molecule has 1 rings (SSSR count). The first-order valence-electron chi connectivity index (χ1n) is 4.58. The van der Waals surface area contributed by atoms with Gasteiger partial charge in [0.05, 0.1) is 17.4 Å². The van der Waals surface area contributed by atoms with Gasteiger partial charge in [-0.25, -0.2) is 4.98 Å². The van der Waals surface area contributed by atoms with Gasteiger partial charge in [0, 0.05) is 11.8 Å². The van der Waals surface area contributed by atoms with Crippen LogP contribution in [0, 0.1) is 11.3 Å². The van der Waals surface area contributed by atoms with E-state index in [9.17, 15) is 0 Å². The lowest BCUT2D eigenvalue weighted by atomic mass is 10.2. The Bertz CT molecular complexity index is 372. The maximum absolute atomic E-state index is 8.89. The number of anilines is 2. The van der Waals surface area contributed by atoms with Crippen molar-refractivity contribution in [2.24, 2.45) is 0 Å². The van der Waals surface area contributed by atoms with Gasteiger partial charge in [0.25, 0.3) is 0 Å². The summed E-state index contributed by atoms with van der Waals surface area (Å²) in [4.78, 5) is 4.10. The molecule has 1 aromatic rings. The molecule has 0 saturated carbocycles. The number of pyridine rings is 1. The molecule has 5 heteroatoms. The molecule has 0 aliphatic carbocycles. The van der Waals surface area contributed by atoms with Gasteiger partial charge in [-0.05, 0) is 19.2 Å². The Morgan fingerprint density at radius 1 is 1.73 bits per heavy atom. The number of rotatable bonds is 4. The van der Waals surface area contributed by atoms with Gasteiger partial charge in [-0.1, -0.05) is 0 Å². The largest absolute Gasteiger partial charge is 0.397 e. The van der Waals surface area contributed by atoms with Crippen molar-refractivity contribution in [3.8, 4) is 6.07 Å². The fraction of sp³-hybridized carbons (Fsp3) is 0.400. The number of nitriles is 1. The molecule has 3 N–H and O–H groups in total. The summed E-state index contributed by atoms with van der Waals surface area (Å²) >= 11 is 1.75. The minimum atomic E-state index is 0.281. The van der Waals surface area contributed by atoms with Crippen molar-refractivity contribution >= 4 is 23.3 Å². The van der Waals surface area contributed by atoms with Crippen LogP contribution in [0.3, 0.4) is 0 Å². The first kappa shape index (κ1) is 11.7. The van der Waals surface area contributed by atoms with E-state index in [1.165, 1.54) is 0 Å². The molecule has 0 radical (unpaired) electrons. The van der Waals surface area contributed by atoms with E-state index in [2.05, 4.69) is 23.3 Å². The maximum atomic E-state index is 8.89. The average Bonchev–Trinajstić information content (AvgIpc) is 2.21. The van der Waals surface area contributed by atoms with E-state index in [-0.39, 0.29) is 6.04 Å². The fourth-order valence-corrected chi connectivity index (χ4v) is 1.79. The second kappa shape index (κ2) is 5.47. The monoisotopic (exact) mass is 222 g/mol. The van der Waals surface area contributed by atoms with E-state index in [1.54, 1.807) is 24.0 Å². The number of thioether (sulfide) groups is 1. The van der Waals surface area contributed by atoms with E-state index < -0.39 is 0 Å². The molecule has 80 valence electrons. The van der Waals surface area contributed by atoms with Gasteiger partial charge in [0.15, 0.2) is 0 Å². The Hall–Kier alpha value is -1.41. The van der Waals surface area contributed by atoms with Crippen LogP contribution in [0.2, 0.25) is 0 Å². The lowest BCUT2D eigenvalue weighted by Crippen LogP contribution is -2.19. The van der Waals surface area contributed by atoms with Crippen LogP contribution >= 0.6 is 11.8 Å². The Kier molecular flexibility index (Phi) is 4.25.